The number of aromatic nitrogens is 4. The lowest BCUT2D eigenvalue weighted by atomic mass is 10.4. The van der Waals surface area contributed by atoms with Crippen molar-refractivity contribution in [2.45, 2.75) is 40.3 Å². The smallest absolute Gasteiger partial charge is 0.153 e. The Morgan fingerprint density at radius 3 is 2.67 bits per heavy atom. The van der Waals surface area contributed by atoms with Gasteiger partial charge in [-0.25, -0.2) is 4.68 Å². The molecule has 6 heteroatoms. The maximum Gasteiger partial charge on any atom is 0.153 e. The molecule has 2 aromatic heterocycles. The third-order valence-corrected chi connectivity index (χ3v) is 2.86. The van der Waals surface area contributed by atoms with Crippen molar-refractivity contribution in [3.8, 4) is 0 Å². The van der Waals surface area contributed by atoms with E-state index in [0.717, 1.165) is 23.9 Å². The minimum absolute atomic E-state index is 0.343. The van der Waals surface area contributed by atoms with Crippen molar-refractivity contribution in [2.24, 2.45) is 0 Å². The predicted molar refractivity (Wildman–Crippen MR) is 72.9 cm³/mol. The van der Waals surface area contributed by atoms with Crippen LogP contribution in [0.4, 0.5) is 17.3 Å². The van der Waals surface area contributed by atoms with E-state index in [1.807, 2.05) is 35.5 Å². The quantitative estimate of drug-likeness (QED) is 0.870. The second-order valence-electron chi connectivity index (χ2n) is 4.56. The second-order valence-corrected chi connectivity index (χ2v) is 4.56. The van der Waals surface area contributed by atoms with Gasteiger partial charge in [0, 0.05) is 24.8 Å². The maximum atomic E-state index is 6.01. The summed E-state index contributed by atoms with van der Waals surface area (Å²) in [5, 5.41) is 12.0. The molecule has 0 aromatic carbocycles. The van der Waals surface area contributed by atoms with E-state index in [1.165, 1.54) is 0 Å². The van der Waals surface area contributed by atoms with Crippen LogP contribution in [0.1, 0.15) is 32.5 Å². The van der Waals surface area contributed by atoms with Crippen LogP contribution in [0.3, 0.4) is 0 Å². The zero-order valence-electron chi connectivity index (χ0n) is 11.3. The van der Waals surface area contributed by atoms with Crippen molar-refractivity contribution in [1.29, 1.82) is 0 Å². The molecule has 6 nitrogen and oxygen atoms in total. The molecule has 0 bridgehead atoms. The topological polar surface area (TPSA) is 73.7 Å². The molecular formula is C12H20N6. The molecule has 98 valence electrons. The molecule has 0 unspecified atom stereocenters. The van der Waals surface area contributed by atoms with Crippen molar-refractivity contribution >= 4 is 17.3 Å². The number of anilines is 3. The van der Waals surface area contributed by atoms with E-state index in [2.05, 4.69) is 29.4 Å². The van der Waals surface area contributed by atoms with Gasteiger partial charge in [0.05, 0.1) is 11.4 Å². The molecule has 2 heterocycles. The normalized spacial score (nSPS) is 11.2. The summed E-state index contributed by atoms with van der Waals surface area (Å²) in [5.74, 6) is 1.59. The summed E-state index contributed by atoms with van der Waals surface area (Å²) in [4.78, 5) is 0. The Hall–Kier alpha value is -1.98. The van der Waals surface area contributed by atoms with Crippen LogP contribution < -0.4 is 11.1 Å². The highest BCUT2D eigenvalue weighted by molar-refractivity contribution is 5.69. The summed E-state index contributed by atoms with van der Waals surface area (Å²) in [6.45, 7) is 8.88. The van der Waals surface area contributed by atoms with Gasteiger partial charge >= 0.3 is 0 Å². The summed E-state index contributed by atoms with van der Waals surface area (Å²) in [6.07, 6.45) is 1.95. The molecule has 0 spiro atoms. The highest BCUT2D eigenvalue weighted by atomic mass is 15.4. The van der Waals surface area contributed by atoms with Crippen LogP contribution in [-0.2, 0) is 6.54 Å². The van der Waals surface area contributed by atoms with Crippen molar-refractivity contribution in [3.05, 3.63) is 18.0 Å². The van der Waals surface area contributed by atoms with Gasteiger partial charge in [0.2, 0.25) is 0 Å². The Balaban J connectivity index is 2.27. The summed E-state index contributed by atoms with van der Waals surface area (Å²) in [5.41, 5.74) is 7.53. The zero-order valence-corrected chi connectivity index (χ0v) is 11.3. The highest BCUT2D eigenvalue weighted by Gasteiger charge is 2.12. The van der Waals surface area contributed by atoms with Crippen LogP contribution >= 0.6 is 0 Å². The molecular weight excluding hydrogens is 228 g/mol. The first-order valence-corrected chi connectivity index (χ1v) is 6.18. The molecule has 2 aromatic rings. The van der Waals surface area contributed by atoms with E-state index in [9.17, 15) is 0 Å². The van der Waals surface area contributed by atoms with Crippen molar-refractivity contribution in [1.82, 2.24) is 19.6 Å². The fourth-order valence-electron chi connectivity index (χ4n) is 1.77. The lowest BCUT2D eigenvalue weighted by Gasteiger charge is -2.07. The summed E-state index contributed by atoms with van der Waals surface area (Å²) >= 11 is 0. The van der Waals surface area contributed by atoms with Gasteiger partial charge in [-0.05, 0) is 27.7 Å². The standard InChI is InChI=1S/C12H20N6/c1-5-17-12(11(13)9(4)15-17)14-10-6-7-18(16-10)8(2)3/h6-8H,5,13H2,1-4H3,(H,14,16). The van der Waals surface area contributed by atoms with E-state index in [0.29, 0.717) is 11.7 Å². The lowest BCUT2D eigenvalue weighted by molar-refractivity contribution is 0.534. The Kier molecular flexibility index (Phi) is 3.27. The van der Waals surface area contributed by atoms with Crippen molar-refractivity contribution in [2.75, 3.05) is 11.1 Å². The predicted octanol–water partition coefficient (Wildman–Crippen LogP) is 2.31. The van der Waals surface area contributed by atoms with Gasteiger partial charge in [-0.2, -0.15) is 10.2 Å². The van der Waals surface area contributed by atoms with Crippen LogP contribution in [0, 0.1) is 6.92 Å². The molecule has 0 saturated heterocycles. The molecule has 0 aliphatic rings. The van der Waals surface area contributed by atoms with Gasteiger partial charge in [0.25, 0.3) is 0 Å². The molecule has 18 heavy (non-hydrogen) atoms. The minimum atomic E-state index is 0.343. The van der Waals surface area contributed by atoms with E-state index >= 15 is 0 Å². The van der Waals surface area contributed by atoms with Crippen LogP contribution in [0.25, 0.3) is 0 Å². The van der Waals surface area contributed by atoms with Crippen LogP contribution in [-0.4, -0.2) is 19.6 Å². The molecule has 3 N–H and O–H groups in total. The van der Waals surface area contributed by atoms with Gasteiger partial charge in [0.15, 0.2) is 11.6 Å². The Bertz CT molecular complexity index is 537. The SMILES string of the molecule is CCn1nc(C)c(N)c1Nc1ccn(C(C)C)n1. The molecule has 0 amide bonds. The van der Waals surface area contributed by atoms with Crippen molar-refractivity contribution in [3.63, 3.8) is 0 Å². The molecule has 0 aliphatic heterocycles. The average Bonchev–Trinajstić information content (AvgIpc) is 2.89. The lowest BCUT2D eigenvalue weighted by Crippen LogP contribution is -2.06. The van der Waals surface area contributed by atoms with E-state index < -0.39 is 0 Å². The summed E-state index contributed by atoms with van der Waals surface area (Å²) < 4.78 is 3.75. The number of hydrogen-bond donors (Lipinski definition) is 2. The zero-order chi connectivity index (χ0) is 13.3. The number of nitrogens with zero attached hydrogens (tertiary/aromatic N) is 4. The summed E-state index contributed by atoms with van der Waals surface area (Å²) in [6, 6.07) is 2.28. The Labute approximate surface area is 107 Å². The number of nitrogens with one attached hydrogen (secondary N) is 1. The molecule has 0 atom stereocenters. The Morgan fingerprint density at radius 2 is 2.11 bits per heavy atom. The Morgan fingerprint density at radius 1 is 1.39 bits per heavy atom. The van der Waals surface area contributed by atoms with Crippen LogP contribution in [0.2, 0.25) is 0 Å². The van der Waals surface area contributed by atoms with Gasteiger partial charge in [-0.1, -0.05) is 0 Å². The number of nitrogen functional groups attached to an aromatic ring is 1. The van der Waals surface area contributed by atoms with Gasteiger partial charge in [-0.15, -0.1) is 0 Å². The summed E-state index contributed by atoms with van der Waals surface area (Å²) in [7, 11) is 0. The number of rotatable bonds is 4. The molecule has 0 fully saturated rings. The largest absolute Gasteiger partial charge is 0.394 e. The number of nitrogens with two attached hydrogens (primary N) is 1. The van der Waals surface area contributed by atoms with E-state index in [-0.39, 0.29) is 0 Å². The molecule has 0 aliphatic carbocycles. The first-order chi connectivity index (χ1) is 8.52. The third-order valence-electron chi connectivity index (χ3n) is 2.86. The fourth-order valence-corrected chi connectivity index (χ4v) is 1.77. The molecule has 2 rings (SSSR count). The monoisotopic (exact) mass is 248 g/mol. The van der Waals surface area contributed by atoms with Crippen LogP contribution in [0.15, 0.2) is 12.3 Å². The number of hydrogen-bond acceptors (Lipinski definition) is 4. The minimum Gasteiger partial charge on any atom is -0.394 e. The number of aryl methyl sites for hydroxylation is 2. The molecule has 0 saturated carbocycles. The van der Waals surface area contributed by atoms with E-state index in [1.54, 1.807) is 0 Å². The first-order valence-electron chi connectivity index (χ1n) is 6.18. The average molecular weight is 248 g/mol. The van der Waals surface area contributed by atoms with Gasteiger partial charge < -0.3 is 11.1 Å². The fraction of sp³-hybridized carbons (Fsp3) is 0.500. The highest BCUT2D eigenvalue weighted by Crippen LogP contribution is 2.25. The van der Waals surface area contributed by atoms with Gasteiger partial charge in [-0.3, -0.25) is 4.68 Å². The first kappa shape index (κ1) is 12.5. The van der Waals surface area contributed by atoms with Crippen molar-refractivity contribution < 1.29 is 0 Å². The van der Waals surface area contributed by atoms with Gasteiger partial charge in [0.1, 0.15) is 0 Å². The molecule has 0 radical (unpaired) electrons. The van der Waals surface area contributed by atoms with Crippen LogP contribution in [0.5, 0.6) is 0 Å². The third kappa shape index (κ3) is 2.18. The van der Waals surface area contributed by atoms with E-state index in [4.69, 9.17) is 5.73 Å². The maximum absolute atomic E-state index is 6.01. The second kappa shape index (κ2) is 4.72.